The summed E-state index contributed by atoms with van der Waals surface area (Å²) in [6, 6.07) is 0. The van der Waals surface area contributed by atoms with Crippen LogP contribution in [0.5, 0.6) is 0 Å². The van der Waals surface area contributed by atoms with Crippen molar-refractivity contribution in [2.45, 2.75) is 32.3 Å². The lowest BCUT2D eigenvalue weighted by atomic mass is 10.1. The molecule has 0 aromatic rings. The Morgan fingerprint density at radius 2 is 2.18 bits per heavy atom. The van der Waals surface area contributed by atoms with Gasteiger partial charge in [-0.15, -0.1) is 0 Å². The van der Waals surface area contributed by atoms with E-state index in [4.69, 9.17) is 4.74 Å². The first-order chi connectivity index (χ1) is 8.03. The maximum Gasteiger partial charge on any atom is 0.150 e. The van der Waals surface area contributed by atoms with Gasteiger partial charge in [-0.1, -0.05) is 6.92 Å². The van der Waals surface area contributed by atoms with Gasteiger partial charge in [0.2, 0.25) is 0 Å². The van der Waals surface area contributed by atoms with E-state index in [0.717, 1.165) is 6.54 Å². The van der Waals surface area contributed by atoms with Crippen molar-refractivity contribution in [3.05, 3.63) is 0 Å². The van der Waals surface area contributed by atoms with Crippen LogP contribution in [-0.4, -0.2) is 51.5 Å². The molecule has 1 saturated heterocycles. The molecule has 1 aliphatic heterocycles. The van der Waals surface area contributed by atoms with Gasteiger partial charge in [-0.3, -0.25) is 4.79 Å². The number of ketones is 1. The number of ether oxygens (including phenoxy) is 1. The summed E-state index contributed by atoms with van der Waals surface area (Å²) in [4.78, 5) is 11.6. The lowest BCUT2D eigenvalue weighted by molar-refractivity contribution is -0.122. The second-order valence-electron chi connectivity index (χ2n) is 4.34. The monoisotopic (exact) mass is 263 g/mol. The molecule has 0 bridgehead atoms. The molecule has 0 aliphatic carbocycles. The summed E-state index contributed by atoms with van der Waals surface area (Å²) >= 11 is 0. The lowest BCUT2D eigenvalue weighted by Gasteiger charge is -2.22. The molecule has 1 heterocycles. The molecule has 0 radical (unpaired) electrons. The highest BCUT2D eigenvalue weighted by Crippen LogP contribution is 2.06. The number of carbonyl (C=O) groups excluding carboxylic acids is 1. The Balaban J connectivity index is 2.25. The van der Waals surface area contributed by atoms with Crippen molar-refractivity contribution in [2.24, 2.45) is 0 Å². The molecule has 6 heteroatoms. The minimum atomic E-state index is -3.04. The number of hydrogen-bond acceptors (Lipinski definition) is 5. The first-order valence-corrected chi connectivity index (χ1v) is 7.90. The second-order valence-corrected chi connectivity index (χ2v) is 6.65. The summed E-state index contributed by atoms with van der Waals surface area (Å²) in [5.74, 6) is 0.111. The van der Waals surface area contributed by atoms with Crippen LogP contribution in [0.4, 0.5) is 0 Å². The maximum absolute atomic E-state index is 11.6. The van der Waals surface area contributed by atoms with Crippen LogP contribution in [0.2, 0.25) is 0 Å². The van der Waals surface area contributed by atoms with Gasteiger partial charge in [-0.25, -0.2) is 8.42 Å². The first-order valence-electron chi connectivity index (χ1n) is 6.08. The molecule has 100 valence electrons. The Labute approximate surface area is 103 Å². The zero-order chi connectivity index (χ0) is 12.7. The van der Waals surface area contributed by atoms with Crippen LogP contribution < -0.4 is 5.32 Å². The third kappa shape index (κ3) is 6.14. The number of sulfone groups is 1. The highest BCUT2D eigenvalue weighted by molar-refractivity contribution is 7.91. The van der Waals surface area contributed by atoms with Crippen molar-refractivity contribution in [1.29, 1.82) is 0 Å². The van der Waals surface area contributed by atoms with Gasteiger partial charge >= 0.3 is 0 Å². The summed E-state index contributed by atoms with van der Waals surface area (Å²) in [5.41, 5.74) is 0. The third-order valence-electron chi connectivity index (χ3n) is 2.67. The van der Waals surface area contributed by atoms with E-state index in [1.807, 2.05) is 6.92 Å². The van der Waals surface area contributed by atoms with Crippen molar-refractivity contribution in [1.82, 2.24) is 5.32 Å². The highest BCUT2D eigenvalue weighted by Gasteiger charge is 2.19. The summed E-state index contributed by atoms with van der Waals surface area (Å²) in [5, 5.41) is 3.14. The largest absolute Gasteiger partial charge is 0.375 e. The average Bonchev–Trinajstić information content (AvgIpc) is 2.28. The Kier molecular flexibility index (Phi) is 6.08. The van der Waals surface area contributed by atoms with E-state index < -0.39 is 9.84 Å². The first kappa shape index (κ1) is 14.6. The predicted molar refractivity (Wildman–Crippen MR) is 65.8 cm³/mol. The molecular formula is C11H21NO4S. The SMILES string of the molecule is CCCS(=O)(=O)CCC(=O)CC1CNCCO1. The normalized spacial score (nSPS) is 21.4. The fourth-order valence-corrected chi connectivity index (χ4v) is 3.15. The fraction of sp³-hybridized carbons (Fsp3) is 0.909. The number of morpholine rings is 1. The van der Waals surface area contributed by atoms with Gasteiger partial charge in [0.1, 0.15) is 5.78 Å². The third-order valence-corrected chi connectivity index (χ3v) is 4.52. The average molecular weight is 263 g/mol. The molecule has 1 unspecified atom stereocenters. The molecule has 0 aromatic carbocycles. The highest BCUT2D eigenvalue weighted by atomic mass is 32.2. The molecule has 0 spiro atoms. The quantitative estimate of drug-likeness (QED) is 0.708. The van der Waals surface area contributed by atoms with Crippen LogP contribution in [0.3, 0.4) is 0 Å². The standard InChI is InChI=1S/C11H21NO4S/c1-2-6-17(14,15)7-3-10(13)8-11-9-12-4-5-16-11/h11-12H,2-9H2,1H3. The molecule has 5 nitrogen and oxygen atoms in total. The van der Waals surface area contributed by atoms with E-state index in [9.17, 15) is 13.2 Å². The van der Waals surface area contributed by atoms with E-state index in [1.165, 1.54) is 0 Å². The molecule has 0 aromatic heterocycles. The van der Waals surface area contributed by atoms with Crippen LogP contribution in [0.25, 0.3) is 0 Å². The van der Waals surface area contributed by atoms with E-state index in [2.05, 4.69) is 5.32 Å². The summed E-state index contributed by atoms with van der Waals surface area (Å²) in [7, 11) is -3.04. The van der Waals surface area contributed by atoms with Gasteiger partial charge in [0.15, 0.2) is 9.84 Å². The Bertz CT molecular complexity index is 333. The van der Waals surface area contributed by atoms with Crippen LogP contribution in [0.1, 0.15) is 26.2 Å². The zero-order valence-electron chi connectivity index (χ0n) is 10.3. The fourth-order valence-electron chi connectivity index (χ4n) is 1.79. The number of hydrogen-bond donors (Lipinski definition) is 1. The summed E-state index contributed by atoms with van der Waals surface area (Å²) < 4.78 is 28.3. The number of nitrogens with one attached hydrogen (secondary N) is 1. The van der Waals surface area contributed by atoms with Crippen molar-refractivity contribution in [3.8, 4) is 0 Å². The minimum Gasteiger partial charge on any atom is -0.375 e. The lowest BCUT2D eigenvalue weighted by Crippen LogP contribution is -2.39. The zero-order valence-corrected chi connectivity index (χ0v) is 11.1. The van der Waals surface area contributed by atoms with Crippen LogP contribution >= 0.6 is 0 Å². The van der Waals surface area contributed by atoms with Gasteiger partial charge in [0, 0.05) is 31.7 Å². The van der Waals surface area contributed by atoms with Crippen molar-refractivity contribution in [3.63, 3.8) is 0 Å². The smallest absolute Gasteiger partial charge is 0.150 e. The van der Waals surface area contributed by atoms with Crippen LogP contribution in [0, 0.1) is 0 Å². The predicted octanol–water partition coefficient (Wildman–Crippen LogP) is 0.149. The maximum atomic E-state index is 11.6. The molecule has 1 rings (SSSR count). The molecule has 1 fully saturated rings. The number of Topliss-reactive ketones (excluding diaryl/α,β-unsaturated/α-hetero) is 1. The van der Waals surface area contributed by atoms with E-state index in [1.54, 1.807) is 0 Å². The van der Waals surface area contributed by atoms with Crippen molar-refractivity contribution >= 4 is 15.6 Å². The van der Waals surface area contributed by atoms with Crippen molar-refractivity contribution in [2.75, 3.05) is 31.2 Å². The summed E-state index contributed by atoms with van der Waals surface area (Å²) in [6.07, 6.45) is 0.938. The summed E-state index contributed by atoms with van der Waals surface area (Å²) in [6.45, 7) is 3.93. The Hall–Kier alpha value is -0.460. The molecule has 17 heavy (non-hydrogen) atoms. The van der Waals surface area contributed by atoms with Crippen LogP contribution in [-0.2, 0) is 19.4 Å². The van der Waals surface area contributed by atoms with E-state index in [-0.39, 0.29) is 29.8 Å². The van der Waals surface area contributed by atoms with Gasteiger partial charge in [0.25, 0.3) is 0 Å². The van der Waals surface area contributed by atoms with E-state index >= 15 is 0 Å². The molecule has 1 atom stereocenters. The molecule has 0 amide bonds. The number of carbonyl (C=O) groups is 1. The topological polar surface area (TPSA) is 72.5 Å². The molecular weight excluding hydrogens is 242 g/mol. The second kappa shape index (κ2) is 7.08. The number of rotatable bonds is 7. The minimum absolute atomic E-state index is 0.0280. The van der Waals surface area contributed by atoms with Gasteiger partial charge in [0.05, 0.1) is 18.5 Å². The van der Waals surface area contributed by atoms with Crippen LogP contribution in [0.15, 0.2) is 0 Å². The van der Waals surface area contributed by atoms with Gasteiger partial charge in [-0.2, -0.15) is 0 Å². The molecule has 0 saturated carbocycles. The Morgan fingerprint density at radius 1 is 1.41 bits per heavy atom. The van der Waals surface area contributed by atoms with Crippen molar-refractivity contribution < 1.29 is 17.9 Å². The van der Waals surface area contributed by atoms with Gasteiger partial charge in [-0.05, 0) is 6.42 Å². The van der Waals surface area contributed by atoms with E-state index in [0.29, 0.717) is 26.0 Å². The molecule has 1 aliphatic rings. The van der Waals surface area contributed by atoms with Gasteiger partial charge < -0.3 is 10.1 Å². The molecule has 1 N–H and O–H groups in total. The Morgan fingerprint density at radius 3 is 2.76 bits per heavy atom.